The number of carbonyl (C=O) groups is 1. The lowest BCUT2D eigenvalue weighted by atomic mass is 10.1. The number of hydrogen-bond acceptors (Lipinski definition) is 2. The van der Waals surface area contributed by atoms with Gasteiger partial charge in [0.2, 0.25) is 0 Å². The first-order valence-electron chi connectivity index (χ1n) is 6.08. The van der Waals surface area contributed by atoms with E-state index in [0.717, 1.165) is 22.3 Å². The van der Waals surface area contributed by atoms with Crippen LogP contribution in [0.1, 0.15) is 43.5 Å². The fraction of sp³-hybridized carbons (Fsp3) is 0.500. The molecule has 1 aromatic rings. The van der Waals surface area contributed by atoms with E-state index in [1.165, 1.54) is 19.3 Å². The maximum atomic E-state index is 11.6. The topological polar surface area (TPSA) is 20.3 Å². The van der Waals surface area contributed by atoms with Gasteiger partial charge in [0.25, 0.3) is 0 Å². The maximum Gasteiger partial charge on any atom is 0.161 e. The highest BCUT2D eigenvalue weighted by molar-refractivity contribution is 9.10. The van der Waals surface area contributed by atoms with Crippen LogP contribution in [0.5, 0.6) is 0 Å². The van der Waals surface area contributed by atoms with Crippen molar-refractivity contribution in [2.75, 3.05) is 18.5 Å². The summed E-state index contributed by atoms with van der Waals surface area (Å²) in [5, 5.41) is 0. The zero-order chi connectivity index (χ0) is 12.8. The summed E-state index contributed by atoms with van der Waals surface area (Å²) in [6, 6.07) is 5.89. The predicted molar refractivity (Wildman–Crippen MR) is 76.9 cm³/mol. The van der Waals surface area contributed by atoms with E-state index in [1.807, 2.05) is 25.2 Å². The van der Waals surface area contributed by atoms with Crippen molar-refractivity contribution in [3.63, 3.8) is 0 Å². The van der Waals surface area contributed by atoms with Gasteiger partial charge in [-0.1, -0.05) is 35.7 Å². The average Bonchev–Trinajstić information content (AvgIpc) is 2.29. The van der Waals surface area contributed by atoms with Crippen molar-refractivity contribution >= 4 is 27.4 Å². The summed E-state index contributed by atoms with van der Waals surface area (Å²) in [6.45, 7) is 4.81. The van der Waals surface area contributed by atoms with E-state index >= 15 is 0 Å². The second-order valence-electron chi connectivity index (χ2n) is 4.35. The number of ketones is 1. The summed E-state index contributed by atoms with van der Waals surface area (Å²) < 4.78 is 0.952. The first-order chi connectivity index (χ1) is 8.06. The average molecular weight is 298 g/mol. The van der Waals surface area contributed by atoms with Gasteiger partial charge in [-0.25, -0.2) is 0 Å². The van der Waals surface area contributed by atoms with Crippen molar-refractivity contribution in [2.45, 2.75) is 33.1 Å². The molecule has 0 saturated carbocycles. The molecule has 3 heteroatoms. The molecule has 0 amide bonds. The molecule has 17 heavy (non-hydrogen) atoms. The summed E-state index contributed by atoms with van der Waals surface area (Å²) in [7, 11) is 2.05. The number of carbonyl (C=O) groups excluding carboxylic acids is 1. The summed E-state index contributed by atoms with van der Waals surface area (Å²) in [6.07, 6.45) is 3.62. The van der Waals surface area contributed by atoms with Gasteiger partial charge in [-0.15, -0.1) is 0 Å². The molecule has 0 saturated heterocycles. The minimum atomic E-state index is 0.114. The molecule has 0 unspecified atom stereocenters. The van der Waals surface area contributed by atoms with Crippen LogP contribution in [0, 0.1) is 0 Å². The van der Waals surface area contributed by atoms with Crippen LogP contribution in [-0.4, -0.2) is 19.4 Å². The molecule has 2 nitrogen and oxygen atoms in total. The lowest BCUT2D eigenvalue weighted by molar-refractivity contribution is 0.101. The summed E-state index contributed by atoms with van der Waals surface area (Å²) in [5.74, 6) is 0.114. The Kier molecular flexibility index (Phi) is 5.69. The van der Waals surface area contributed by atoms with Crippen molar-refractivity contribution < 1.29 is 4.79 Å². The number of rotatable bonds is 6. The molecule has 0 spiro atoms. The molecule has 0 aromatic heterocycles. The Balaban J connectivity index is 2.84. The number of halogens is 1. The van der Waals surface area contributed by atoms with Gasteiger partial charge in [0.1, 0.15) is 0 Å². The number of benzene rings is 1. The van der Waals surface area contributed by atoms with Crippen LogP contribution in [-0.2, 0) is 0 Å². The molecular weight excluding hydrogens is 278 g/mol. The summed E-state index contributed by atoms with van der Waals surface area (Å²) in [5.41, 5.74) is 1.81. The van der Waals surface area contributed by atoms with E-state index in [0.29, 0.717) is 0 Å². The molecule has 0 bridgehead atoms. The molecule has 0 N–H and O–H groups in total. The Morgan fingerprint density at radius 2 is 2.06 bits per heavy atom. The Morgan fingerprint density at radius 3 is 2.65 bits per heavy atom. The highest BCUT2D eigenvalue weighted by Gasteiger charge is 2.11. The molecule has 0 aliphatic rings. The Labute approximate surface area is 112 Å². The third kappa shape index (κ3) is 4.15. The largest absolute Gasteiger partial charge is 0.374 e. The van der Waals surface area contributed by atoms with Crippen LogP contribution in [0.2, 0.25) is 0 Å². The Bertz CT molecular complexity index is 390. The van der Waals surface area contributed by atoms with Gasteiger partial charge in [0.05, 0.1) is 0 Å². The molecule has 1 aromatic carbocycles. The van der Waals surface area contributed by atoms with Gasteiger partial charge in [-0.05, 0) is 31.5 Å². The summed E-state index contributed by atoms with van der Waals surface area (Å²) in [4.78, 5) is 13.8. The van der Waals surface area contributed by atoms with Gasteiger partial charge in [0, 0.05) is 29.3 Å². The quantitative estimate of drug-likeness (QED) is 0.577. The van der Waals surface area contributed by atoms with E-state index in [2.05, 4.69) is 27.8 Å². The minimum absolute atomic E-state index is 0.114. The number of unbranched alkanes of at least 4 members (excludes halogenated alkanes) is 2. The first kappa shape index (κ1) is 14.2. The van der Waals surface area contributed by atoms with Gasteiger partial charge in [-0.3, -0.25) is 4.79 Å². The van der Waals surface area contributed by atoms with Crippen LogP contribution in [0.25, 0.3) is 0 Å². The maximum absolute atomic E-state index is 11.6. The van der Waals surface area contributed by atoms with Gasteiger partial charge in [-0.2, -0.15) is 0 Å². The van der Waals surface area contributed by atoms with Crippen LogP contribution < -0.4 is 4.90 Å². The van der Waals surface area contributed by atoms with Gasteiger partial charge in [0.15, 0.2) is 5.78 Å². The first-order valence-corrected chi connectivity index (χ1v) is 6.87. The fourth-order valence-corrected chi connectivity index (χ4v) is 2.20. The van der Waals surface area contributed by atoms with E-state index < -0.39 is 0 Å². The van der Waals surface area contributed by atoms with E-state index in [4.69, 9.17) is 0 Å². The van der Waals surface area contributed by atoms with E-state index in [1.54, 1.807) is 6.92 Å². The number of Topliss-reactive ketones (excluding diaryl/α,β-unsaturated/α-hetero) is 1. The number of anilines is 1. The van der Waals surface area contributed by atoms with Crippen molar-refractivity contribution in [3.8, 4) is 0 Å². The Morgan fingerprint density at radius 1 is 1.35 bits per heavy atom. The Hall–Kier alpha value is -0.830. The zero-order valence-corrected chi connectivity index (χ0v) is 12.4. The van der Waals surface area contributed by atoms with Gasteiger partial charge >= 0.3 is 0 Å². The van der Waals surface area contributed by atoms with E-state index in [9.17, 15) is 4.79 Å². The minimum Gasteiger partial charge on any atom is -0.374 e. The van der Waals surface area contributed by atoms with Crippen molar-refractivity contribution in [3.05, 3.63) is 28.2 Å². The SMILES string of the molecule is CCCCCN(C)c1ccc(Br)cc1C(C)=O. The molecule has 0 heterocycles. The van der Waals surface area contributed by atoms with Crippen molar-refractivity contribution in [1.29, 1.82) is 0 Å². The lowest BCUT2D eigenvalue weighted by Gasteiger charge is -2.21. The third-order valence-electron chi connectivity index (χ3n) is 2.85. The monoisotopic (exact) mass is 297 g/mol. The molecule has 0 aliphatic heterocycles. The molecule has 0 radical (unpaired) electrons. The number of hydrogen-bond donors (Lipinski definition) is 0. The van der Waals surface area contributed by atoms with E-state index in [-0.39, 0.29) is 5.78 Å². The summed E-state index contributed by atoms with van der Waals surface area (Å²) >= 11 is 3.41. The fourth-order valence-electron chi connectivity index (χ4n) is 1.84. The van der Waals surface area contributed by atoms with Crippen LogP contribution in [0.15, 0.2) is 22.7 Å². The molecule has 0 atom stereocenters. The van der Waals surface area contributed by atoms with Gasteiger partial charge < -0.3 is 4.90 Å². The molecule has 1 rings (SSSR count). The zero-order valence-electron chi connectivity index (χ0n) is 10.8. The van der Waals surface area contributed by atoms with Crippen molar-refractivity contribution in [1.82, 2.24) is 0 Å². The van der Waals surface area contributed by atoms with Crippen molar-refractivity contribution in [2.24, 2.45) is 0 Å². The molecular formula is C14H20BrNO. The second kappa shape index (κ2) is 6.80. The van der Waals surface area contributed by atoms with Crippen LogP contribution >= 0.6 is 15.9 Å². The number of nitrogens with zero attached hydrogens (tertiary/aromatic N) is 1. The van der Waals surface area contributed by atoms with Crippen LogP contribution in [0.3, 0.4) is 0 Å². The standard InChI is InChI=1S/C14H20BrNO/c1-4-5-6-9-16(3)14-8-7-12(15)10-13(14)11(2)17/h7-8,10H,4-6,9H2,1-3H3. The molecule has 0 fully saturated rings. The van der Waals surface area contributed by atoms with Crippen LogP contribution in [0.4, 0.5) is 5.69 Å². The highest BCUT2D eigenvalue weighted by atomic mass is 79.9. The smallest absolute Gasteiger partial charge is 0.161 e. The normalized spacial score (nSPS) is 10.4. The predicted octanol–water partition coefficient (Wildman–Crippen LogP) is 4.28. The lowest BCUT2D eigenvalue weighted by Crippen LogP contribution is -2.20. The third-order valence-corrected chi connectivity index (χ3v) is 3.34. The molecule has 94 valence electrons. The second-order valence-corrected chi connectivity index (χ2v) is 5.26. The highest BCUT2D eigenvalue weighted by Crippen LogP contribution is 2.24. The molecule has 0 aliphatic carbocycles.